The second-order valence-electron chi connectivity index (χ2n) is 35.8. The molecular weight excluding hydrogens is 1400 g/mol. The number of aliphatic hydroxyl groups excluding tert-OH is 3. The van der Waals surface area contributed by atoms with Crippen LogP contribution >= 0.6 is 0 Å². The quantitative estimate of drug-likeness (QED) is 0.0348. The summed E-state index contributed by atoms with van der Waals surface area (Å²) in [5.41, 5.74) is 20.9. The van der Waals surface area contributed by atoms with Crippen molar-refractivity contribution in [2.24, 2.45) is 11.5 Å². The van der Waals surface area contributed by atoms with E-state index in [-0.39, 0.29) is 79.4 Å². The van der Waals surface area contributed by atoms with Gasteiger partial charge in [-0.15, -0.1) is 0 Å². The van der Waals surface area contributed by atoms with E-state index in [0.29, 0.717) is 79.5 Å². The number of amides is 5. The van der Waals surface area contributed by atoms with Crippen molar-refractivity contribution in [3.63, 3.8) is 0 Å². The molecule has 0 aromatic heterocycles. The fourth-order valence-electron chi connectivity index (χ4n) is 20.2. The molecule has 10 bridgehead atoms. The number of nitrogens with two attached hydrogens (primary N) is 2. The Morgan fingerprint density at radius 1 is 0.339 bits per heavy atom. The van der Waals surface area contributed by atoms with Crippen molar-refractivity contribution in [1.29, 1.82) is 0 Å². The number of piperidine rings is 5. The van der Waals surface area contributed by atoms with Gasteiger partial charge in [-0.2, -0.15) is 0 Å². The maximum atomic E-state index is 13.0. The maximum absolute atomic E-state index is 13.0. The highest BCUT2D eigenvalue weighted by molar-refractivity contribution is 5.89. The Morgan fingerprint density at radius 2 is 0.545 bits per heavy atom. The molecule has 5 amide bonds. The topological polar surface area (TPSA) is 274 Å². The van der Waals surface area contributed by atoms with E-state index in [9.17, 15) is 39.3 Å². The van der Waals surface area contributed by atoms with Gasteiger partial charge in [0, 0.05) is 104 Å². The first-order valence-electron chi connectivity index (χ1n) is 42.3. The molecule has 20 heteroatoms. The Balaban J connectivity index is 0.000000138. The minimum atomic E-state index is -0.879. The Labute approximate surface area is 669 Å². The SMILES string of the molecule is Cc1ccc(C(C)(CN)C(=O)NC2CC3CCC(C2)N3C)cc1.Cc1ccc(C(C)(CO)C(=O)NC2CC3CCC(C2)N3C)cc1.Cc1ccc(C(CN)C(=O)NC2CC3CCC(C2)N3C)cc1.Cc1ccc(C(CO)C(=O)NC2CC3CCC(C2)N3C)cc1.Cc1ccc(C(CO)C(=O)NC2CC3CCC(C2)N3C)cc1. The van der Waals surface area contributed by atoms with E-state index in [0.717, 1.165) is 109 Å². The molecule has 10 fully saturated rings. The second kappa shape index (κ2) is 38.7. The third-order valence-corrected chi connectivity index (χ3v) is 28.3. The first-order valence-corrected chi connectivity index (χ1v) is 42.3. The van der Waals surface area contributed by atoms with Gasteiger partial charge in [0.05, 0.1) is 48.4 Å². The van der Waals surface area contributed by atoms with Crippen molar-refractivity contribution in [2.75, 3.05) is 68.1 Å². The Hall–Kier alpha value is -6.95. The Kier molecular flexibility index (Phi) is 29.7. The fraction of sp³-hybridized carbons (Fsp3) is 0.620. The summed E-state index contributed by atoms with van der Waals surface area (Å²) in [5, 5.41) is 45.3. The van der Waals surface area contributed by atoms with Gasteiger partial charge in [0.1, 0.15) is 0 Å². The van der Waals surface area contributed by atoms with E-state index in [4.69, 9.17) is 11.5 Å². The Morgan fingerprint density at radius 3 is 0.768 bits per heavy atom. The average Bonchev–Trinajstić information content (AvgIpc) is 1.26. The summed E-state index contributed by atoms with van der Waals surface area (Å²) in [7, 11) is 11.0. The number of carbonyl (C=O) groups excluding carboxylic acids is 5. The third kappa shape index (κ3) is 20.6. The van der Waals surface area contributed by atoms with Crippen molar-refractivity contribution in [3.8, 4) is 0 Å². The van der Waals surface area contributed by atoms with Gasteiger partial charge < -0.3 is 77.9 Å². The molecule has 0 spiro atoms. The van der Waals surface area contributed by atoms with Gasteiger partial charge in [0.2, 0.25) is 29.5 Å². The summed E-state index contributed by atoms with van der Waals surface area (Å²) in [5.74, 6) is -1.15. The summed E-state index contributed by atoms with van der Waals surface area (Å²) in [6, 6.07) is 47.3. The monoisotopic (exact) mass is 1540 g/mol. The van der Waals surface area contributed by atoms with Crippen molar-refractivity contribution >= 4 is 29.5 Å². The summed E-state index contributed by atoms with van der Waals surface area (Å²) in [4.78, 5) is 76.0. The number of hydrogen-bond acceptors (Lipinski definition) is 15. The molecule has 5 aromatic rings. The first kappa shape index (κ1) is 85.9. The lowest BCUT2D eigenvalue weighted by atomic mass is 9.80. The molecule has 10 saturated heterocycles. The lowest BCUT2D eigenvalue weighted by molar-refractivity contribution is -0.129. The van der Waals surface area contributed by atoms with E-state index in [1.807, 2.05) is 156 Å². The molecule has 112 heavy (non-hydrogen) atoms. The third-order valence-electron chi connectivity index (χ3n) is 28.3. The van der Waals surface area contributed by atoms with Crippen LogP contribution in [0.25, 0.3) is 0 Å². The van der Waals surface area contributed by atoms with E-state index in [1.165, 1.54) is 75.3 Å². The van der Waals surface area contributed by atoms with Crippen molar-refractivity contribution < 1.29 is 39.3 Å². The number of aliphatic hydroxyl groups is 3. The van der Waals surface area contributed by atoms with E-state index < -0.39 is 22.7 Å². The number of fused-ring (bicyclic) bond motifs is 10. The number of carbonyl (C=O) groups is 5. The normalized spacial score (nSPS) is 29.6. The van der Waals surface area contributed by atoms with Crippen molar-refractivity contribution in [2.45, 2.75) is 296 Å². The highest BCUT2D eigenvalue weighted by Crippen LogP contribution is 2.40. The number of rotatable bonds is 20. The minimum Gasteiger partial charge on any atom is -0.395 e. The van der Waals surface area contributed by atoms with E-state index in [2.05, 4.69) is 100 Å². The number of aryl methyl sites for hydroxylation is 5. The molecule has 10 heterocycles. The molecular formula is C92H136N12O8. The first-order chi connectivity index (χ1) is 53.6. The van der Waals surface area contributed by atoms with Crippen LogP contribution in [0.15, 0.2) is 121 Å². The number of benzene rings is 5. The molecule has 10 aliphatic rings. The number of nitrogens with one attached hydrogen (secondary N) is 5. The zero-order chi connectivity index (χ0) is 80.3. The highest BCUT2D eigenvalue weighted by Gasteiger charge is 2.46. The zero-order valence-electron chi connectivity index (χ0n) is 69.4. The van der Waals surface area contributed by atoms with Crippen LogP contribution in [0.1, 0.15) is 216 Å². The summed E-state index contributed by atoms with van der Waals surface area (Å²) < 4.78 is 0. The molecule has 0 saturated carbocycles. The van der Waals surface area contributed by atoms with Crippen LogP contribution in [-0.4, -0.2) is 228 Å². The maximum Gasteiger partial charge on any atom is 0.232 e. The molecule has 20 nitrogen and oxygen atoms in total. The van der Waals surface area contributed by atoms with Crippen LogP contribution in [0.5, 0.6) is 0 Å². The van der Waals surface area contributed by atoms with Gasteiger partial charge in [-0.05, 0) is 240 Å². The molecule has 612 valence electrons. The van der Waals surface area contributed by atoms with Crippen LogP contribution in [-0.2, 0) is 34.8 Å². The highest BCUT2D eigenvalue weighted by atomic mass is 16.3. The van der Waals surface area contributed by atoms with Gasteiger partial charge in [0.15, 0.2) is 0 Å². The molecule has 15 atom stereocenters. The van der Waals surface area contributed by atoms with Crippen molar-refractivity contribution in [1.82, 2.24) is 51.1 Å². The molecule has 15 unspecified atom stereocenters. The van der Waals surface area contributed by atoms with Gasteiger partial charge in [-0.25, -0.2) is 0 Å². The van der Waals surface area contributed by atoms with Crippen LogP contribution in [0, 0.1) is 34.6 Å². The number of hydrogen-bond donors (Lipinski definition) is 10. The van der Waals surface area contributed by atoms with Gasteiger partial charge in [-0.3, -0.25) is 24.0 Å². The molecule has 15 rings (SSSR count). The van der Waals surface area contributed by atoms with Gasteiger partial charge in [-0.1, -0.05) is 149 Å². The van der Waals surface area contributed by atoms with Gasteiger partial charge in [0.25, 0.3) is 0 Å². The lowest BCUT2D eigenvalue weighted by Gasteiger charge is -2.38. The number of nitrogens with zero attached hydrogens (tertiary/aromatic N) is 5. The standard InChI is InChI=1S/C19H29N3O.C19H28N2O2.C18H27N3O.2C18H26N2O2/c1-13-4-6-14(7-5-13)19(2,12-20)18(23)21-15-10-16-8-9-17(11-15)22(16)3;1-13-4-6-14(7-5-13)19(2,12-22)18(23)20-15-10-16-8-9-17(11-15)21(16)3;1-12-3-5-13(6-4-12)17(11-19)18(22)20-14-9-15-7-8-16(10-14)21(15)2;2*1-12-3-5-13(6-4-12)17(11-21)18(22)19-14-9-15-7-8-16(10-14)20(15)2/h4-7,15-17H,8-12,20H2,1-3H3,(H,21,23);4-7,15-17,22H,8-12H2,1-3H3,(H,20,23);3-6,14-17H,7-11,19H2,1-2H3,(H,20,22);2*3-6,14-17,21H,7-11H2,1-2H3,(H,19,22). The molecule has 10 aliphatic heterocycles. The van der Waals surface area contributed by atoms with Crippen LogP contribution in [0.4, 0.5) is 0 Å². The molecule has 0 aliphatic carbocycles. The molecule has 12 N–H and O–H groups in total. The summed E-state index contributed by atoms with van der Waals surface area (Å²) in [6.45, 7) is 14.2. The minimum absolute atomic E-state index is 0.0414. The zero-order valence-corrected chi connectivity index (χ0v) is 69.4. The summed E-state index contributed by atoms with van der Waals surface area (Å²) >= 11 is 0. The predicted molar refractivity (Wildman–Crippen MR) is 447 cm³/mol. The Bertz CT molecular complexity index is 3480. The average molecular weight is 1540 g/mol. The second-order valence-corrected chi connectivity index (χ2v) is 35.8. The van der Waals surface area contributed by atoms with Crippen LogP contribution < -0.4 is 38.1 Å². The molecule has 0 radical (unpaired) electrons. The lowest BCUT2D eigenvalue weighted by Crippen LogP contribution is -2.54. The van der Waals surface area contributed by atoms with Crippen LogP contribution in [0.3, 0.4) is 0 Å². The van der Waals surface area contributed by atoms with Crippen molar-refractivity contribution in [3.05, 3.63) is 177 Å². The largest absolute Gasteiger partial charge is 0.395 e. The predicted octanol–water partition coefficient (Wildman–Crippen LogP) is 9.34. The molecule has 5 aromatic carbocycles. The van der Waals surface area contributed by atoms with Gasteiger partial charge >= 0.3 is 0 Å². The smallest absolute Gasteiger partial charge is 0.232 e. The fourth-order valence-corrected chi connectivity index (χ4v) is 20.2. The van der Waals surface area contributed by atoms with Crippen LogP contribution in [0.2, 0.25) is 0 Å². The van der Waals surface area contributed by atoms with E-state index >= 15 is 0 Å². The summed E-state index contributed by atoms with van der Waals surface area (Å²) in [6.07, 6.45) is 23.0. The van der Waals surface area contributed by atoms with E-state index in [1.54, 1.807) is 0 Å².